The first kappa shape index (κ1) is 11.4. The van der Waals surface area contributed by atoms with E-state index in [0.717, 1.165) is 17.4 Å². The van der Waals surface area contributed by atoms with Gasteiger partial charge in [0.05, 0.1) is 5.69 Å². The molecule has 1 aliphatic carbocycles. The molecule has 1 aliphatic rings. The molecule has 1 aromatic rings. The first-order valence-corrected chi connectivity index (χ1v) is 6.31. The van der Waals surface area contributed by atoms with Crippen molar-refractivity contribution in [3.63, 3.8) is 0 Å². The van der Waals surface area contributed by atoms with Crippen LogP contribution in [0, 0.1) is 12.8 Å². The van der Waals surface area contributed by atoms with Crippen molar-refractivity contribution in [3.05, 3.63) is 18.1 Å². The van der Waals surface area contributed by atoms with E-state index < -0.39 is 0 Å². The molecule has 0 radical (unpaired) electrons. The van der Waals surface area contributed by atoms with Crippen molar-refractivity contribution in [2.45, 2.75) is 52.0 Å². The average molecular weight is 219 g/mol. The number of hydrogen-bond acceptors (Lipinski definition) is 3. The summed E-state index contributed by atoms with van der Waals surface area (Å²) >= 11 is 0. The van der Waals surface area contributed by atoms with Gasteiger partial charge in [0.1, 0.15) is 5.82 Å². The van der Waals surface area contributed by atoms with E-state index in [1.807, 2.05) is 6.92 Å². The van der Waals surface area contributed by atoms with E-state index in [2.05, 4.69) is 22.2 Å². The average Bonchev–Trinajstić information content (AvgIpc) is 2.33. The van der Waals surface area contributed by atoms with E-state index >= 15 is 0 Å². The van der Waals surface area contributed by atoms with E-state index in [-0.39, 0.29) is 0 Å². The predicted octanol–water partition coefficient (Wildman–Crippen LogP) is 3.17. The fourth-order valence-electron chi connectivity index (χ4n) is 2.52. The molecule has 1 atom stereocenters. The third-order valence-electron chi connectivity index (χ3n) is 3.60. The lowest BCUT2D eigenvalue weighted by Crippen LogP contribution is -2.28. The number of nitrogens with one attached hydrogen (secondary N) is 1. The van der Waals surface area contributed by atoms with Crippen molar-refractivity contribution in [2.24, 2.45) is 5.92 Å². The van der Waals surface area contributed by atoms with Crippen LogP contribution in [-0.2, 0) is 0 Å². The van der Waals surface area contributed by atoms with Gasteiger partial charge >= 0.3 is 0 Å². The van der Waals surface area contributed by atoms with Gasteiger partial charge in [-0.15, -0.1) is 0 Å². The number of aryl methyl sites for hydroxylation is 1. The molecule has 1 fully saturated rings. The molecule has 0 aliphatic heterocycles. The molecule has 88 valence electrons. The minimum Gasteiger partial charge on any atom is -0.366 e. The Morgan fingerprint density at radius 2 is 1.88 bits per heavy atom. The molecule has 1 unspecified atom stereocenters. The van der Waals surface area contributed by atoms with Crippen LogP contribution in [0.1, 0.15) is 44.7 Å². The Hall–Kier alpha value is -1.12. The number of anilines is 1. The molecular weight excluding hydrogens is 198 g/mol. The topological polar surface area (TPSA) is 37.8 Å². The maximum absolute atomic E-state index is 4.34. The second kappa shape index (κ2) is 5.28. The van der Waals surface area contributed by atoms with E-state index in [4.69, 9.17) is 0 Å². The summed E-state index contributed by atoms with van der Waals surface area (Å²) in [5.41, 5.74) is 0.991. The van der Waals surface area contributed by atoms with Crippen molar-refractivity contribution in [1.29, 1.82) is 0 Å². The number of rotatable bonds is 3. The lowest BCUT2D eigenvalue weighted by Gasteiger charge is -2.28. The fourth-order valence-corrected chi connectivity index (χ4v) is 2.52. The Labute approximate surface area is 97.7 Å². The van der Waals surface area contributed by atoms with Crippen LogP contribution in [-0.4, -0.2) is 16.0 Å². The molecule has 0 spiro atoms. The van der Waals surface area contributed by atoms with Crippen LogP contribution in [0.3, 0.4) is 0 Å². The second-order valence-electron chi connectivity index (χ2n) is 4.82. The highest BCUT2D eigenvalue weighted by Crippen LogP contribution is 2.27. The van der Waals surface area contributed by atoms with Gasteiger partial charge in [0, 0.05) is 18.4 Å². The summed E-state index contributed by atoms with van der Waals surface area (Å²) in [6, 6.07) is 0.510. The summed E-state index contributed by atoms with van der Waals surface area (Å²) in [6.07, 6.45) is 10.4. The van der Waals surface area contributed by atoms with Gasteiger partial charge in [-0.05, 0) is 32.6 Å². The molecule has 0 saturated heterocycles. The van der Waals surface area contributed by atoms with Crippen LogP contribution in [0.5, 0.6) is 0 Å². The molecule has 0 bridgehead atoms. The number of hydrogen-bond donors (Lipinski definition) is 1. The maximum atomic E-state index is 4.34. The highest BCUT2D eigenvalue weighted by atomic mass is 15.0. The molecule has 1 N–H and O–H groups in total. The Morgan fingerprint density at radius 3 is 2.56 bits per heavy atom. The standard InChI is InChI=1S/C13H21N3/c1-10(12-6-4-3-5-7-12)16-13-11(2)14-8-9-15-13/h8-10,12H,3-7H2,1-2H3,(H,15,16). The van der Waals surface area contributed by atoms with Crippen LogP contribution in [0.25, 0.3) is 0 Å². The molecule has 16 heavy (non-hydrogen) atoms. The molecule has 1 heterocycles. The lowest BCUT2D eigenvalue weighted by atomic mass is 9.84. The van der Waals surface area contributed by atoms with Gasteiger partial charge in [-0.25, -0.2) is 4.98 Å². The first-order valence-electron chi connectivity index (χ1n) is 6.31. The highest BCUT2D eigenvalue weighted by Gasteiger charge is 2.20. The van der Waals surface area contributed by atoms with Crippen molar-refractivity contribution in [3.8, 4) is 0 Å². The van der Waals surface area contributed by atoms with Gasteiger partial charge in [0.25, 0.3) is 0 Å². The smallest absolute Gasteiger partial charge is 0.147 e. The van der Waals surface area contributed by atoms with Gasteiger partial charge in [-0.1, -0.05) is 19.3 Å². The molecule has 2 rings (SSSR count). The Morgan fingerprint density at radius 1 is 1.19 bits per heavy atom. The van der Waals surface area contributed by atoms with Gasteiger partial charge < -0.3 is 5.32 Å². The SMILES string of the molecule is Cc1nccnc1NC(C)C1CCCCC1. The number of nitrogens with zero attached hydrogens (tertiary/aromatic N) is 2. The molecule has 0 aromatic carbocycles. The molecule has 1 aromatic heterocycles. The van der Waals surface area contributed by atoms with E-state index in [1.165, 1.54) is 32.1 Å². The fraction of sp³-hybridized carbons (Fsp3) is 0.692. The minimum atomic E-state index is 0.510. The van der Waals surface area contributed by atoms with Crippen LogP contribution in [0.4, 0.5) is 5.82 Å². The molecule has 3 heteroatoms. The van der Waals surface area contributed by atoms with Crippen molar-refractivity contribution < 1.29 is 0 Å². The molecule has 3 nitrogen and oxygen atoms in total. The van der Waals surface area contributed by atoms with Gasteiger partial charge in [0.15, 0.2) is 0 Å². The zero-order chi connectivity index (χ0) is 11.4. The van der Waals surface area contributed by atoms with Gasteiger partial charge in [0.2, 0.25) is 0 Å². The summed E-state index contributed by atoms with van der Waals surface area (Å²) in [4.78, 5) is 8.59. The number of aromatic nitrogens is 2. The Kier molecular flexibility index (Phi) is 3.75. The quantitative estimate of drug-likeness (QED) is 0.848. The molecule has 1 saturated carbocycles. The predicted molar refractivity (Wildman–Crippen MR) is 66.4 cm³/mol. The minimum absolute atomic E-state index is 0.510. The maximum Gasteiger partial charge on any atom is 0.147 e. The van der Waals surface area contributed by atoms with E-state index in [1.54, 1.807) is 12.4 Å². The lowest BCUT2D eigenvalue weighted by molar-refractivity contribution is 0.328. The van der Waals surface area contributed by atoms with Gasteiger partial charge in [-0.2, -0.15) is 0 Å². The van der Waals surface area contributed by atoms with E-state index in [9.17, 15) is 0 Å². The third kappa shape index (κ3) is 2.71. The first-order chi connectivity index (χ1) is 7.77. The Bertz CT molecular complexity index is 332. The van der Waals surface area contributed by atoms with E-state index in [0.29, 0.717) is 6.04 Å². The van der Waals surface area contributed by atoms with Crippen LogP contribution >= 0.6 is 0 Å². The van der Waals surface area contributed by atoms with Crippen molar-refractivity contribution in [2.75, 3.05) is 5.32 Å². The van der Waals surface area contributed by atoms with Crippen LogP contribution in [0.15, 0.2) is 12.4 Å². The summed E-state index contributed by atoms with van der Waals surface area (Å²) in [5.74, 6) is 1.75. The van der Waals surface area contributed by atoms with Crippen molar-refractivity contribution >= 4 is 5.82 Å². The zero-order valence-corrected chi connectivity index (χ0v) is 10.2. The molecular formula is C13H21N3. The van der Waals surface area contributed by atoms with Crippen LogP contribution < -0.4 is 5.32 Å². The summed E-state index contributed by atoms with van der Waals surface area (Å²) in [6.45, 7) is 4.27. The molecule has 0 amide bonds. The van der Waals surface area contributed by atoms with Crippen LogP contribution in [0.2, 0.25) is 0 Å². The van der Waals surface area contributed by atoms with Gasteiger partial charge in [-0.3, -0.25) is 4.98 Å². The largest absolute Gasteiger partial charge is 0.366 e. The third-order valence-corrected chi connectivity index (χ3v) is 3.60. The second-order valence-corrected chi connectivity index (χ2v) is 4.82. The normalized spacial score (nSPS) is 19.4. The Balaban J connectivity index is 1.96. The van der Waals surface area contributed by atoms with Crippen molar-refractivity contribution in [1.82, 2.24) is 9.97 Å². The summed E-state index contributed by atoms with van der Waals surface area (Å²) in [5, 5.41) is 3.51. The summed E-state index contributed by atoms with van der Waals surface area (Å²) < 4.78 is 0. The highest BCUT2D eigenvalue weighted by molar-refractivity contribution is 5.39. The summed E-state index contributed by atoms with van der Waals surface area (Å²) in [7, 11) is 0. The zero-order valence-electron chi connectivity index (χ0n) is 10.2. The monoisotopic (exact) mass is 219 g/mol.